The van der Waals surface area contributed by atoms with Crippen LogP contribution in [0.5, 0.6) is 0 Å². The van der Waals surface area contributed by atoms with Gasteiger partial charge in [-0.1, -0.05) is 0 Å². The van der Waals surface area contributed by atoms with Crippen molar-refractivity contribution in [2.75, 3.05) is 39.8 Å². The summed E-state index contributed by atoms with van der Waals surface area (Å²) in [4.78, 5) is 15.6. The maximum Gasteiger partial charge on any atom is 0.236 e. The number of carbonyl (C=O) groups is 1. The molecule has 2 fully saturated rings. The number of nitrogens with zero attached hydrogens (tertiary/aromatic N) is 2. The molecule has 0 spiro atoms. The highest BCUT2D eigenvalue weighted by molar-refractivity contribution is 5.78. The van der Waals surface area contributed by atoms with Crippen molar-refractivity contribution in [3.8, 4) is 0 Å². The number of hydrogen-bond donors (Lipinski definition) is 1. The molecule has 2 heterocycles. The second-order valence-corrected chi connectivity index (χ2v) is 3.93. The molecule has 4 heteroatoms. The molecule has 0 unspecified atom stereocenters. The number of amides is 1. The number of likely N-dealkylation sites (N-methyl/N-ethyl adjacent to an activating group) is 1. The third kappa shape index (κ3) is 1.84. The lowest BCUT2D eigenvalue weighted by Gasteiger charge is -2.35. The minimum Gasteiger partial charge on any atom is -0.343 e. The summed E-state index contributed by atoms with van der Waals surface area (Å²) in [6.07, 6.45) is 1.19. The van der Waals surface area contributed by atoms with E-state index in [1.54, 1.807) is 0 Å². The first kappa shape index (κ1) is 8.97. The number of hydrogen-bond acceptors (Lipinski definition) is 3. The smallest absolute Gasteiger partial charge is 0.236 e. The molecule has 13 heavy (non-hydrogen) atoms. The lowest BCUT2D eigenvalue weighted by atomic mass is 10.2. The van der Waals surface area contributed by atoms with Crippen LogP contribution in [-0.2, 0) is 4.79 Å². The van der Waals surface area contributed by atoms with Crippen molar-refractivity contribution in [2.24, 2.45) is 0 Å². The van der Waals surface area contributed by atoms with Gasteiger partial charge in [-0.3, -0.25) is 9.69 Å². The zero-order valence-corrected chi connectivity index (χ0v) is 8.12. The quantitative estimate of drug-likeness (QED) is 0.573. The van der Waals surface area contributed by atoms with Gasteiger partial charge in [0.15, 0.2) is 0 Å². The van der Waals surface area contributed by atoms with Crippen molar-refractivity contribution in [3.63, 3.8) is 0 Å². The molecule has 1 atom stereocenters. The van der Waals surface area contributed by atoms with E-state index in [1.165, 1.54) is 6.42 Å². The van der Waals surface area contributed by atoms with Gasteiger partial charge in [-0.05, 0) is 13.0 Å². The third-order valence-corrected chi connectivity index (χ3v) is 3.04. The Bertz CT molecular complexity index is 201. The first-order chi connectivity index (χ1) is 6.27. The Morgan fingerprint density at radius 1 is 1.46 bits per heavy atom. The fraction of sp³-hybridized carbons (Fsp3) is 0.889. The number of piperazine rings is 1. The molecular weight excluding hydrogens is 166 g/mol. The number of carbonyl (C=O) groups excluding carboxylic acids is 1. The van der Waals surface area contributed by atoms with Crippen molar-refractivity contribution < 1.29 is 4.79 Å². The van der Waals surface area contributed by atoms with Gasteiger partial charge in [0.25, 0.3) is 0 Å². The standard InChI is InChI=1S/C9H17N3O/c1-11-4-5-12(7-9(11)13)8-2-3-10-6-8/h8,10H,2-7H2,1H3/t8-/m0/s1. The molecule has 0 radical (unpaired) electrons. The molecule has 0 bridgehead atoms. The van der Waals surface area contributed by atoms with E-state index in [9.17, 15) is 4.79 Å². The van der Waals surface area contributed by atoms with Gasteiger partial charge in [0, 0.05) is 32.7 Å². The maximum atomic E-state index is 11.4. The van der Waals surface area contributed by atoms with Gasteiger partial charge in [0.2, 0.25) is 5.91 Å². The molecule has 1 N–H and O–H groups in total. The topological polar surface area (TPSA) is 35.6 Å². The lowest BCUT2D eigenvalue weighted by Crippen LogP contribution is -2.52. The van der Waals surface area contributed by atoms with Crippen LogP contribution in [-0.4, -0.2) is 61.5 Å². The van der Waals surface area contributed by atoms with Gasteiger partial charge in [-0.2, -0.15) is 0 Å². The molecule has 0 aromatic rings. The van der Waals surface area contributed by atoms with E-state index in [1.807, 2.05) is 11.9 Å². The summed E-state index contributed by atoms with van der Waals surface area (Å²) >= 11 is 0. The highest BCUT2D eigenvalue weighted by Gasteiger charge is 2.28. The van der Waals surface area contributed by atoms with Crippen LogP contribution in [0.4, 0.5) is 0 Å². The van der Waals surface area contributed by atoms with Gasteiger partial charge < -0.3 is 10.2 Å². The average molecular weight is 183 g/mol. The first-order valence-corrected chi connectivity index (χ1v) is 4.96. The van der Waals surface area contributed by atoms with Crippen LogP contribution in [0, 0.1) is 0 Å². The normalized spacial score (nSPS) is 31.3. The summed E-state index contributed by atoms with van der Waals surface area (Å²) in [5.74, 6) is 0.262. The van der Waals surface area contributed by atoms with Crippen LogP contribution in [0.2, 0.25) is 0 Å². The molecule has 2 saturated heterocycles. The van der Waals surface area contributed by atoms with Crippen LogP contribution < -0.4 is 5.32 Å². The van der Waals surface area contributed by atoms with Crippen molar-refractivity contribution in [2.45, 2.75) is 12.5 Å². The molecule has 2 rings (SSSR count). The second kappa shape index (κ2) is 3.64. The molecule has 2 aliphatic heterocycles. The monoisotopic (exact) mass is 183 g/mol. The molecule has 4 nitrogen and oxygen atoms in total. The summed E-state index contributed by atoms with van der Waals surface area (Å²) in [6, 6.07) is 0.595. The molecule has 0 aromatic carbocycles. The fourth-order valence-electron chi connectivity index (χ4n) is 2.04. The van der Waals surface area contributed by atoms with E-state index >= 15 is 0 Å². The van der Waals surface area contributed by atoms with Gasteiger partial charge in [0.1, 0.15) is 0 Å². The predicted octanol–water partition coefficient (Wildman–Crippen LogP) is -0.878. The minimum absolute atomic E-state index is 0.262. The Labute approximate surface area is 78.9 Å². The lowest BCUT2D eigenvalue weighted by molar-refractivity contribution is -0.135. The van der Waals surface area contributed by atoms with E-state index in [-0.39, 0.29) is 5.91 Å². The van der Waals surface area contributed by atoms with Gasteiger partial charge >= 0.3 is 0 Å². The van der Waals surface area contributed by atoms with Gasteiger partial charge in [0.05, 0.1) is 6.54 Å². The molecule has 0 saturated carbocycles. The Morgan fingerprint density at radius 3 is 2.92 bits per heavy atom. The van der Waals surface area contributed by atoms with Crippen LogP contribution in [0.25, 0.3) is 0 Å². The molecule has 1 amide bonds. The average Bonchev–Trinajstić information content (AvgIpc) is 2.62. The van der Waals surface area contributed by atoms with Gasteiger partial charge in [-0.15, -0.1) is 0 Å². The van der Waals surface area contributed by atoms with E-state index in [0.717, 1.165) is 26.2 Å². The van der Waals surface area contributed by atoms with E-state index < -0.39 is 0 Å². The summed E-state index contributed by atoms with van der Waals surface area (Å²) in [5.41, 5.74) is 0. The minimum atomic E-state index is 0.262. The Balaban J connectivity index is 1.90. The van der Waals surface area contributed by atoms with Crippen LogP contribution in [0.15, 0.2) is 0 Å². The largest absolute Gasteiger partial charge is 0.343 e. The van der Waals surface area contributed by atoms with E-state index in [2.05, 4.69) is 10.2 Å². The Morgan fingerprint density at radius 2 is 2.31 bits per heavy atom. The van der Waals surface area contributed by atoms with Crippen molar-refractivity contribution in [3.05, 3.63) is 0 Å². The second-order valence-electron chi connectivity index (χ2n) is 3.93. The van der Waals surface area contributed by atoms with E-state index in [0.29, 0.717) is 12.6 Å². The maximum absolute atomic E-state index is 11.4. The molecular formula is C9H17N3O. The van der Waals surface area contributed by atoms with Crippen LogP contribution in [0.3, 0.4) is 0 Å². The highest BCUT2D eigenvalue weighted by atomic mass is 16.2. The molecule has 74 valence electrons. The SMILES string of the molecule is CN1CCN([C@H]2CCNC2)CC1=O. The Kier molecular flexibility index (Phi) is 2.51. The molecule has 2 aliphatic rings. The van der Waals surface area contributed by atoms with Crippen molar-refractivity contribution in [1.29, 1.82) is 0 Å². The summed E-state index contributed by atoms with van der Waals surface area (Å²) in [5, 5.41) is 3.33. The summed E-state index contributed by atoms with van der Waals surface area (Å²) < 4.78 is 0. The van der Waals surface area contributed by atoms with Gasteiger partial charge in [-0.25, -0.2) is 0 Å². The number of nitrogens with one attached hydrogen (secondary N) is 1. The zero-order valence-electron chi connectivity index (χ0n) is 8.12. The van der Waals surface area contributed by atoms with Crippen LogP contribution >= 0.6 is 0 Å². The van der Waals surface area contributed by atoms with Crippen LogP contribution in [0.1, 0.15) is 6.42 Å². The fourth-order valence-corrected chi connectivity index (χ4v) is 2.04. The third-order valence-electron chi connectivity index (χ3n) is 3.04. The zero-order chi connectivity index (χ0) is 9.26. The number of rotatable bonds is 1. The summed E-state index contributed by atoms with van der Waals surface area (Å²) in [6.45, 7) is 4.69. The van der Waals surface area contributed by atoms with Crippen molar-refractivity contribution >= 4 is 5.91 Å². The predicted molar refractivity (Wildman–Crippen MR) is 50.5 cm³/mol. The Hall–Kier alpha value is -0.610. The van der Waals surface area contributed by atoms with E-state index in [4.69, 9.17) is 0 Å². The summed E-state index contributed by atoms with van der Waals surface area (Å²) in [7, 11) is 1.88. The molecule has 0 aliphatic carbocycles. The highest BCUT2D eigenvalue weighted by Crippen LogP contribution is 2.11. The van der Waals surface area contributed by atoms with Crippen molar-refractivity contribution in [1.82, 2.24) is 15.1 Å². The first-order valence-electron chi connectivity index (χ1n) is 4.96. The molecule has 0 aromatic heterocycles.